The molecule has 2 aromatic carbocycles. The van der Waals surface area contributed by atoms with E-state index in [0.29, 0.717) is 38.4 Å². The molecular weight excluding hydrogens is 490 g/mol. The highest BCUT2D eigenvalue weighted by Gasteiger charge is 2.43. The summed E-state index contributed by atoms with van der Waals surface area (Å²) in [5.41, 5.74) is -0.267. The molecule has 1 heterocycles. The van der Waals surface area contributed by atoms with Crippen molar-refractivity contribution in [3.05, 3.63) is 60.2 Å². The van der Waals surface area contributed by atoms with Crippen LogP contribution in [-0.4, -0.2) is 62.5 Å². The maximum Gasteiger partial charge on any atom is 0.317 e. The first-order valence-electron chi connectivity index (χ1n) is 14.4. The highest BCUT2D eigenvalue weighted by Crippen LogP contribution is 2.44. The Kier molecular flexibility index (Phi) is 11.6. The van der Waals surface area contributed by atoms with Crippen molar-refractivity contribution in [2.24, 2.45) is 11.3 Å². The van der Waals surface area contributed by atoms with Crippen molar-refractivity contribution >= 4 is 6.03 Å². The molecule has 3 rings (SSSR count). The fourth-order valence-electron chi connectivity index (χ4n) is 5.71. The number of aliphatic hydroxyl groups is 1. The summed E-state index contributed by atoms with van der Waals surface area (Å²) in [6.07, 6.45) is 4.79. The summed E-state index contributed by atoms with van der Waals surface area (Å²) < 4.78 is 11.6. The number of hydrogen-bond donors (Lipinski definition) is 3. The highest BCUT2D eigenvalue weighted by atomic mass is 16.5. The number of hydrogen-bond acceptors (Lipinski definition) is 5. The molecule has 1 fully saturated rings. The third-order valence-corrected chi connectivity index (χ3v) is 7.50. The summed E-state index contributed by atoms with van der Waals surface area (Å²) in [7, 11) is 3.62. The minimum absolute atomic E-state index is 0.0378. The fraction of sp³-hybridized carbons (Fsp3) is 0.594. The predicted octanol–water partition coefficient (Wildman–Crippen LogP) is 5.93. The number of nitrogens with one attached hydrogen (secondary N) is 2. The van der Waals surface area contributed by atoms with Gasteiger partial charge >= 0.3 is 6.03 Å². The van der Waals surface area contributed by atoms with Crippen LogP contribution in [0, 0.1) is 11.3 Å². The lowest BCUT2D eigenvalue weighted by atomic mass is 9.73. The van der Waals surface area contributed by atoms with E-state index < -0.39 is 5.60 Å². The molecule has 39 heavy (non-hydrogen) atoms. The molecule has 3 atom stereocenters. The highest BCUT2D eigenvalue weighted by molar-refractivity contribution is 5.74. The Morgan fingerprint density at radius 3 is 2.51 bits per heavy atom. The number of methoxy groups -OCH3 is 1. The number of piperidine rings is 1. The van der Waals surface area contributed by atoms with Gasteiger partial charge in [0, 0.05) is 50.9 Å². The third-order valence-electron chi connectivity index (χ3n) is 7.50. The monoisotopic (exact) mass is 539 g/mol. The van der Waals surface area contributed by atoms with Crippen LogP contribution in [0.4, 0.5) is 4.79 Å². The lowest BCUT2D eigenvalue weighted by Gasteiger charge is -2.43. The van der Waals surface area contributed by atoms with Gasteiger partial charge in [0.15, 0.2) is 0 Å². The van der Waals surface area contributed by atoms with Gasteiger partial charge in [-0.05, 0) is 69.2 Å². The van der Waals surface area contributed by atoms with E-state index in [4.69, 9.17) is 9.47 Å². The number of unbranched alkanes of at least 4 members (excludes halogenated alkanes) is 1. The Morgan fingerprint density at radius 1 is 1.10 bits per heavy atom. The molecule has 0 bridgehead atoms. The van der Waals surface area contributed by atoms with Crippen LogP contribution in [0.25, 0.3) is 0 Å². The molecule has 1 aliphatic rings. The Labute approximate surface area is 235 Å². The molecule has 1 unspecified atom stereocenters. The van der Waals surface area contributed by atoms with Gasteiger partial charge in [0.25, 0.3) is 0 Å². The zero-order chi connectivity index (χ0) is 28.3. The van der Waals surface area contributed by atoms with Gasteiger partial charge in [-0.2, -0.15) is 0 Å². The van der Waals surface area contributed by atoms with Crippen LogP contribution in [0.5, 0.6) is 11.5 Å². The van der Waals surface area contributed by atoms with Crippen LogP contribution in [0.3, 0.4) is 0 Å². The third kappa shape index (κ3) is 9.23. The first-order valence-corrected chi connectivity index (χ1v) is 14.4. The van der Waals surface area contributed by atoms with Gasteiger partial charge in [-0.1, -0.05) is 57.2 Å². The number of nitrogens with zero attached hydrogens (tertiary/aromatic N) is 1. The first-order chi connectivity index (χ1) is 18.7. The molecule has 3 N–H and O–H groups in total. The number of urea groups is 1. The molecule has 2 aromatic rings. The molecule has 7 nitrogen and oxygen atoms in total. The van der Waals surface area contributed by atoms with Crippen molar-refractivity contribution in [3.8, 4) is 11.5 Å². The van der Waals surface area contributed by atoms with Gasteiger partial charge in [-0.3, -0.25) is 0 Å². The molecule has 1 aliphatic heterocycles. The van der Waals surface area contributed by atoms with E-state index in [1.165, 1.54) is 0 Å². The van der Waals surface area contributed by atoms with Crippen molar-refractivity contribution in [3.63, 3.8) is 0 Å². The van der Waals surface area contributed by atoms with Crippen molar-refractivity contribution < 1.29 is 19.4 Å². The van der Waals surface area contributed by atoms with Crippen molar-refractivity contribution in [2.45, 2.75) is 70.9 Å². The summed E-state index contributed by atoms with van der Waals surface area (Å²) in [4.78, 5) is 15.3. The topological polar surface area (TPSA) is 83.1 Å². The second kappa shape index (κ2) is 14.7. The number of likely N-dealkylation sites (N-methyl/N-ethyl adjacent to an activating group) is 1. The van der Waals surface area contributed by atoms with Gasteiger partial charge in [0.1, 0.15) is 11.5 Å². The smallest absolute Gasteiger partial charge is 0.317 e. The van der Waals surface area contributed by atoms with Gasteiger partial charge in [-0.25, -0.2) is 4.79 Å². The lowest BCUT2D eigenvalue weighted by Crippen LogP contribution is -2.54. The minimum Gasteiger partial charge on any atom is -0.457 e. The number of para-hydroxylation sites is 2. The average molecular weight is 540 g/mol. The molecule has 0 saturated carbocycles. The molecule has 216 valence electrons. The van der Waals surface area contributed by atoms with Crippen LogP contribution in [0.2, 0.25) is 0 Å². The van der Waals surface area contributed by atoms with Crippen LogP contribution in [-0.2, 0) is 10.3 Å². The van der Waals surface area contributed by atoms with Gasteiger partial charge in [0.2, 0.25) is 0 Å². The number of likely N-dealkylation sites (tertiary alicyclic amines) is 1. The molecular formula is C32H49N3O4. The Balaban J connectivity index is 1.84. The van der Waals surface area contributed by atoms with Crippen molar-refractivity contribution in [2.75, 3.05) is 40.4 Å². The summed E-state index contributed by atoms with van der Waals surface area (Å²) in [5.74, 6) is 1.26. The zero-order valence-electron chi connectivity index (χ0n) is 24.5. The van der Waals surface area contributed by atoms with Crippen LogP contribution >= 0.6 is 0 Å². The SMILES string of the molecule is CNCC(CC(C)(C)C)NC(=O)N1CCC[C@@H]([C@@](O)(CCCCOC)c2ccccc2Oc2ccccc2)C1. The number of carbonyl (C=O) groups is 1. The first kappa shape index (κ1) is 30.9. The van der Waals surface area contributed by atoms with Crippen LogP contribution in [0.1, 0.15) is 64.9 Å². The van der Waals surface area contributed by atoms with Gasteiger partial charge < -0.3 is 30.1 Å². The van der Waals surface area contributed by atoms with E-state index in [2.05, 4.69) is 31.4 Å². The van der Waals surface area contributed by atoms with Gasteiger partial charge in [0.05, 0.1) is 5.60 Å². The van der Waals surface area contributed by atoms with Crippen LogP contribution < -0.4 is 15.4 Å². The van der Waals surface area contributed by atoms with Gasteiger partial charge in [-0.15, -0.1) is 0 Å². The quantitative estimate of drug-likeness (QED) is 0.275. The summed E-state index contributed by atoms with van der Waals surface area (Å²) in [6.45, 7) is 9.12. The summed E-state index contributed by atoms with van der Waals surface area (Å²) in [5, 5.41) is 19.0. The molecule has 0 aromatic heterocycles. The molecule has 0 spiro atoms. The number of amides is 2. The predicted molar refractivity (Wildman–Crippen MR) is 157 cm³/mol. The Hall–Kier alpha value is -2.61. The van der Waals surface area contributed by atoms with E-state index in [1.807, 2.05) is 66.5 Å². The largest absolute Gasteiger partial charge is 0.457 e. The van der Waals surface area contributed by atoms with Crippen molar-refractivity contribution in [1.29, 1.82) is 0 Å². The number of rotatable bonds is 13. The summed E-state index contributed by atoms with van der Waals surface area (Å²) in [6, 6.07) is 17.4. The molecule has 2 amide bonds. The maximum absolute atomic E-state index is 13.4. The van der Waals surface area contributed by atoms with E-state index in [1.54, 1.807) is 7.11 Å². The Morgan fingerprint density at radius 2 is 1.82 bits per heavy atom. The lowest BCUT2D eigenvalue weighted by molar-refractivity contribution is -0.0575. The molecule has 0 radical (unpaired) electrons. The average Bonchev–Trinajstić information content (AvgIpc) is 2.91. The van der Waals surface area contributed by atoms with E-state index in [9.17, 15) is 9.90 Å². The second-order valence-electron chi connectivity index (χ2n) is 12.0. The normalized spacial score (nSPS) is 18.3. The minimum atomic E-state index is -1.14. The molecule has 0 aliphatic carbocycles. The van der Waals surface area contributed by atoms with E-state index in [0.717, 1.165) is 43.4 Å². The second-order valence-corrected chi connectivity index (χ2v) is 12.0. The Bertz CT molecular complexity index is 1010. The molecule has 1 saturated heterocycles. The molecule has 7 heteroatoms. The maximum atomic E-state index is 13.4. The fourth-order valence-corrected chi connectivity index (χ4v) is 5.71. The van der Waals surface area contributed by atoms with E-state index in [-0.39, 0.29) is 23.4 Å². The number of carbonyl (C=O) groups excluding carboxylic acids is 1. The standard InChI is InChI=1S/C32H49N3O4/c1-31(2,3)22-26(23-33-4)34-30(36)35-20-13-14-25(24-35)32(37,19-11-12-21-38-5)28-17-9-10-18-29(28)39-27-15-7-6-8-16-27/h6-10,15-18,25-26,33,37H,11-14,19-24H2,1-5H3,(H,34,36)/t25-,26?,32+/m1/s1. The number of benzene rings is 2. The van der Waals surface area contributed by atoms with Crippen LogP contribution in [0.15, 0.2) is 54.6 Å². The summed E-state index contributed by atoms with van der Waals surface area (Å²) >= 11 is 0. The zero-order valence-corrected chi connectivity index (χ0v) is 24.5. The number of ether oxygens (including phenoxy) is 2. The van der Waals surface area contributed by atoms with E-state index >= 15 is 0 Å². The van der Waals surface area contributed by atoms with Crippen molar-refractivity contribution in [1.82, 2.24) is 15.5 Å².